The van der Waals surface area contributed by atoms with Gasteiger partial charge in [-0.05, 0) is 47.0 Å². The van der Waals surface area contributed by atoms with E-state index in [1.807, 2.05) is 56.3 Å². The lowest BCUT2D eigenvalue weighted by Gasteiger charge is -2.22. The molecule has 0 aromatic heterocycles. The van der Waals surface area contributed by atoms with Crippen molar-refractivity contribution in [2.75, 3.05) is 18.4 Å². The molecule has 0 fully saturated rings. The highest BCUT2D eigenvalue weighted by molar-refractivity contribution is 7.89. The van der Waals surface area contributed by atoms with Crippen LogP contribution < -0.4 is 10.6 Å². The van der Waals surface area contributed by atoms with E-state index in [1.165, 1.54) is 28.6 Å². The van der Waals surface area contributed by atoms with Crippen LogP contribution in [0.4, 0.5) is 5.69 Å². The Balaban J connectivity index is 1.78. The smallest absolute Gasteiger partial charge is 0.251 e. The molecule has 180 valence electrons. The topological polar surface area (TPSA) is 95.6 Å². The zero-order valence-electron chi connectivity index (χ0n) is 19.9. The van der Waals surface area contributed by atoms with Gasteiger partial charge in [0.2, 0.25) is 15.9 Å². The molecule has 2 N–H and O–H groups in total. The second-order valence-electron chi connectivity index (χ2n) is 8.36. The molecule has 7 nitrogen and oxygen atoms in total. The lowest BCUT2D eigenvalue weighted by molar-refractivity contribution is -0.118. The Morgan fingerprint density at radius 2 is 1.56 bits per heavy atom. The lowest BCUT2D eigenvalue weighted by atomic mass is 10.0. The predicted octanol–water partition coefficient (Wildman–Crippen LogP) is 4.26. The average molecular weight is 482 g/mol. The second-order valence-corrected chi connectivity index (χ2v) is 10.3. The minimum Gasteiger partial charge on any atom is -0.340 e. The van der Waals surface area contributed by atoms with Crippen molar-refractivity contribution < 1.29 is 18.0 Å². The molecule has 0 bridgehead atoms. The summed E-state index contributed by atoms with van der Waals surface area (Å²) < 4.78 is 27.0. The summed E-state index contributed by atoms with van der Waals surface area (Å²) in [6.45, 7) is 7.87. The van der Waals surface area contributed by atoms with Crippen molar-refractivity contribution >= 4 is 38.3 Å². The molecule has 1 atom stereocenters. The van der Waals surface area contributed by atoms with Crippen molar-refractivity contribution in [2.45, 2.75) is 38.6 Å². The van der Waals surface area contributed by atoms with Gasteiger partial charge in [-0.2, -0.15) is 4.31 Å². The van der Waals surface area contributed by atoms with Crippen molar-refractivity contribution in [1.29, 1.82) is 0 Å². The molecule has 1 unspecified atom stereocenters. The summed E-state index contributed by atoms with van der Waals surface area (Å²) in [5.74, 6) is -1.04. The Hall–Kier alpha value is -3.23. The molecule has 0 radical (unpaired) electrons. The summed E-state index contributed by atoms with van der Waals surface area (Å²) in [6, 6.07) is 18.6. The zero-order valence-corrected chi connectivity index (χ0v) is 20.7. The summed E-state index contributed by atoms with van der Waals surface area (Å²) in [6.07, 6.45) is 0. The highest BCUT2D eigenvalue weighted by atomic mass is 32.2. The van der Waals surface area contributed by atoms with E-state index in [0.717, 1.165) is 10.8 Å². The summed E-state index contributed by atoms with van der Waals surface area (Å²) in [7, 11) is -3.70. The molecule has 0 aliphatic heterocycles. The zero-order chi connectivity index (χ0) is 24.9. The van der Waals surface area contributed by atoms with Crippen LogP contribution in [0.15, 0.2) is 71.6 Å². The maximum Gasteiger partial charge on any atom is 0.251 e. The van der Waals surface area contributed by atoms with E-state index in [-0.39, 0.29) is 22.3 Å². The number of rotatable bonds is 9. The Kier molecular flexibility index (Phi) is 8.06. The molecule has 3 aromatic carbocycles. The minimum absolute atomic E-state index is 0.0468. The fraction of sp³-hybridized carbons (Fsp3) is 0.308. The molecule has 3 aromatic rings. The first-order valence-electron chi connectivity index (χ1n) is 11.4. The number of carbonyl (C=O) groups excluding carboxylic acids is 2. The van der Waals surface area contributed by atoms with Gasteiger partial charge in [-0.1, -0.05) is 64.1 Å². The first-order valence-corrected chi connectivity index (χ1v) is 12.8. The van der Waals surface area contributed by atoms with Crippen LogP contribution in [0.1, 0.15) is 38.1 Å². The number of hydrogen-bond donors (Lipinski definition) is 2. The van der Waals surface area contributed by atoms with E-state index < -0.39 is 22.0 Å². The van der Waals surface area contributed by atoms with E-state index >= 15 is 0 Å². The van der Waals surface area contributed by atoms with Crippen LogP contribution in [0.5, 0.6) is 0 Å². The summed E-state index contributed by atoms with van der Waals surface area (Å²) in [5.41, 5.74) is 0.813. The number of amides is 2. The van der Waals surface area contributed by atoms with Gasteiger partial charge in [-0.25, -0.2) is 8.42 Å². The average Bonchev–Trinajstić information content (AvgIpc) is 2.82. The van der Waals surface area contributed by atoms with Crippen molar-refractivity contribution in [3.8, 4) is 0 Å². The molecular formula is C26H31N3O4S. The highest BCUT2D eigenvalue weighted by Gasteiger charge is 2.26. The van der Waals surface area contributed by atoms with Crippen LogP contribution in [0.2, 0.25) is 0 Å². The number of sulfonamides is 1. The molecule has 3 rings (SSSR count). The van der Waals surface area contributed by atoms with E-state index in [0.29, 0.717) is 18.8 Å². The van der Waals surface area contributed by atoms with E-state index in [2.05, 4.69) is 10.6 Å². The summed E-state index contributed by atoms with van der Waals surface area (Å²) >= 11 is 0. The van der Waals surface area contributed by atoms with Gasteiger partial charge in [-0.15, -0.1) is 0 Å². The van der Waals surface area contributed by atoms with Gasteiger partial charge in [0, 0.05) is 24.3 Å². The highest BCUT2D eigenvalue weighted by Crippen LogP contribution is 2.20. The lowest BCUT2D eigenvalue weighted by Crippen LogP contribution is -2.47. The number of hydrogen-bond acceptors (Lipinski definition) is 4. The normalized spacial score (nSPS) is 12.6. The van der Waals surface area contributed by atoms with E-state index in [9.17, 15) is 18.0 Å². The van der Waals surface area contributed by atoms with Crippen LogP contribution in [-0.2, 0) is 14.8 Å². The molecule has 0 saturated carbocycles. The fourth-order valence-electron chi connectivity index (χ4n) is 3.76. The number of nitrogens with zero attached hydrogens (tertiary/aromatic N) is 1. The Labute approximate surface area is 201 Å². The maximum atomic E-state index is 13.0. The Morgan fingerprint density at radius 1 is 0.882 bits per heavy atom. The van der Waals surface area contributed by atoms with Crippen LogP contribution in [0.25, 0.3) is 10.8 Å². The molecule has 0 aliphatic rings. The SMILES string of the molecule is CCN(CC)S(=O)(=O)c1cccc(C(=O)NC(C(=O)Nc2ccc3ccccc3c2)C(C)C)c1. The standard InChI is InChI=1S/C26H31N3O4S/c1-5-29(6-2)34(32,33)23-13-9-12-21(17-23)25(30)28-24(18(3)4)26(31)27-22-15-14-19-10-7-8-11-20(19)16-22/h7-18,24H,5-6H2,1-4H3,(H,27,31)(H,28,30). The quantitative estimate of drug-likeness (QED) is 0.477. The Morgan fingerprint density at radius 3 is 2.21 bits per heavy atom. The maximum absolute atomic E-state index is 13.0. The molecule has 0 heterocycles. The predicted molar refractivity (Wildman–Crippen MR) is 135 cm³/mol. The molecule has 0 spiro atoms. The van der Waals surface area contributed by atoms with Crippen LogP contribution in [0, 0.1) is 5.92 Å². The van der Waals surface area contributed by atoms with Gasteiger partial charge < -0.3 is 10.6 Å². The van der Waals surface area contributed by atoms with E-state index in [1.54, 1.807) is 13.8 Å². The Bertz CT molecular complexity index is 1280. The fourth-order valence-corrected chi connectivity index (χ4v) is 5.26. The van der Waals surface area contributed by atoms with Gasteiger partial charge in [0.05, 0.1) is 4.90 Å². The second kappa shape index (κ2) is 10.8. The number of carbonyl (C=O) groups is 2. The molecule has 8 heteroatoms. The summed E-state index contributed by atoms with van der Waals surface area (Å²) in [5, 5.41) is 7.71. The van der Waals surface area contributed by atoms with Crippen molar-refractivity contribution in [3.05, 3.63) is 72.3 Å². The van der Waals surface area contributed by atoms with Gasteiger partial charge in [0.1, 0.15) is 6.04 Å². The summed E-state index contributed by atoms with van der Waals surface area (Å²) in [4.78, 5) is 26.0. The minimum atomic E-state index is -3.70. The van der Waals surface area contributed by atoms with Crippen molar-refractivity contribution in [3.63, 3.8) is 0 Å². The number of benzene rings is 3. The number of anilines is 1. The van der Waals surface area contributed by atoms with E-state index in [4.69, 9.17) is 0 Å². The van der Waals surface area contributed by atoms with Crippen LogP contribution >= 0.6 is 0 Å². The third-order valence-corrected chi connectivity index (χ3v) is 7.74. The molecule has 0 aliphatic carbocycles. The molecule has 34 heavy (non-hydrogen) atoms. The van der Waals surface area contributed by atoms with Gasteiger partial charge in [0.15, 0.2) is 0 Å². The van der Waals surface area contributed by atoms with Gasteiger partial charge >= 0.3 is 0 Å². The van der Waals surface area contributed by atoms with Crippen LogP contribution in [0.3, 0.4) is 0 Å². The van der Waals surface area contributed by atoms with Crippen LogP contribution in [-0.4, -0.2) is 43.7 Å². The van der Waals surface area contributed by atoms with Crippen molar-refractivity contribution in [2.24, 2.45) is 5.92 Å². The number of fused-ring (bicyclic) bond motifs is 1. The monoisotopic (exact) mass is 481 g/mol. The first-order chi connectivity index (χ1) is 16.2. The molecular weight excluding hydrogens is 450 g/mol. The van der Waals surface area contributed by atoms with Crippen molar-refractivity contribution in [1.82, 2.24) is 9.62 Å². The van der Waals surface area contributed by atoms with Gasteiger partial charge in [-0.3, -0.25) is 9.59 Å². The number of nitrogens with one attached hydrogen (secondary N) is 2. The largest absolute Gasteiger partial charge is 0.340 e. The molecule has 0 saturated heterocycles. The first kappa shape index (κ1) is 25.4. The third-order valence-electron chi connectivity index (χ3n) is 5.69. The third kappa shape index (κ3) is 5.63. The van der Waals surface area contributed by atoms with Gasteiger partial charge in [0.25, 0.3) is 5.91 Å². The molecule has 2 amide bonds.